The molecule has 3 atom stereocenters. The van der Waals surface area contributed by atoms with Crippen LogP contribution in [0.15, 0.2) is 23.8 Å². The molecule has 4 nitrogen and oxygen atoms in total. The number of ketones is 1. The molecule has 5 heteroatoms. The van der Waals surface area contributed by atoms with E-state index in [1.165, 1.54) is 28.5 Å². The molecular weight excluding hydrogens is 420 g/mol. The number of Topliss-reactive ketones (excluding diaryl/α,β-unsaturated/α-hetero) is 1. The quantitative estimate of drug-likeness (QED) is 0.336. The fourth-order valence-electron chi connectivity index (χ4n) is 3.97. The second kappa shape index (κ2) is 11.6. The van der Waals surface area contributed by atoms with Crippen LogP contribution in [-0.2, 0) is 19.4 Å². The van der Waals surface area contributed by atoms with Gasteiger partial charge in [-0.2, -0.15) is 0 Å². The van der Waals surface area contributed by atoms with Crippen LogP contribution < -0.4 is 0 Å². The maximum atomic E-state index is 12.0. The molecule has 32 heavy (non-hydrogen) atoms. The molecule has 0 spiro atoms. The first-order valence-corrected chi connectivity index (χ1v) is 13.7. The molecule has 0 heterocycles. The Morgan fingerprint density at radius 2 is 1.38 bits per heavy atom. The lowest BCUT2D eigenvalue weighted by molar-refractivity contribution is -0.120. The molecule has 1 aromatic carbocycles. The maximum Gasteiger partial charge on any atom is 0.153 e. The summed E-state index contributed by atoms with van der Waals surface area (Å²) in [4.78, 5) is 12.0. The highest BCUT2D eigenvalue weighted by atomic mass is 32.2. The zero-order chi connectivity index (χ0) is 25.0. The molecule has 0 aliphatic heterocycles. The number of benzene rings is 1. The van der Waals surface area contributed by atoms with Gasteiger partial charge in [-0.1, -0.05) is 59.8 Å². The Hall–Kier alpha value is -1.46. The zero-order valence-corrected chi connectivity index (χ0v) is 22.8. The van der Waals surface area contributed by atoms with Crippen LogP contribution in [0, 0.1) is 0 Å². The van der Waals surface area contributed by atoms with Crippen LogP contribution in [0.4, 0.5) is 0 Å². The lowest BCUT2D eigenvalue weighted by Gasteiger charge is -2.30. The summed E-state index contributed by atoms with van der Waals surface area (Å²) >= 11 is 0. The Balaban J connectivity index is 3.51. The highest BCUT2D eigenvalue weighted by Gasteiger charge is 2.26. The lowest BCUT2D eigenvalue weighted by atomic mass is 9.82. The second-order valence-corrected chi connectivity index (χ2v) is 12.6. The van der Waals surface area contributed by atoms with Gasteiger partial charge in [0.1, 0.15) is 5.78 Å². The number of hydrogen-bond acceptors (Lipinski definition) is 4. The van der Waals surface area contributed by atoms with Crippen molar-refractivity contribution in [3.05, 3.63) is 46.0 Å². The number of ether oxygens (including phenoxy) is 1. The molecule has 0 radical (unpaired) electrons. The molecule has 0 fully saturated rings. The first-order chi connectivity index (χ1) is 14.6. The van der Waals surface area contributed by atoms with E-state index in [2.05, 4.69) is 53.7 Å². The van der Waals surface area contributed by atoms with Crippen molar-refractivity contribution < 1.29 is 17.9 Å². The van der Waals surface area contributed by atoms with Crippen LogP contribution in [-0.4, -0.2) is 31.8 Å². The van der Waals surface area contributed by atoms with Gasteiger partial charge in [0.05, 0.1) is 17.5 Å². The summed E-state index contributed by atoms with van der Waals surface area (Å²) in [6, 6.07) is 4.59. The Bertz CT molecular complexity index is 894. The average molecular weight is 465 g/mol. The van der Waals surface area contributed by atoms with Crippen molar-refractivity contribution in [2.24, 2.45) is 0 Å². The van der Waals surface area contributed by atoms with Gasteiger partial charge in [-0.15, -0.1) is 0 Å². The topological polar surface area (TPSA) is 60.4 Å². The summed E-state index contributed by atoms with van der Waals surface area (Å²) < 4.78 is 30.4. The van der Waals surface area contributed by atoms with Crippen molar-refractivity contribution in [1.82, 2.24) is 0 Å². The van der Waals surface area contributed by atoms with E-state index in [1.807, 2.05) is 13.8 Å². The Kier molecular flexibility index (Phi) is 10.4. The van der Waals surface area contributed by atoms with E-state index in [4.69, 9.17) is 4.74 Å². The van der Waals surface area contributed by atoms with Crippen LogP contribution in [0.3, 0.4) is 0 Å². The number of carbonyl (C=O) groups is 1. The standard InChI is InChI=1S/C27H44O4S/c1-16(2)23-14-24(17(3)4)27(25(15-23)18(5)6)22(10)31-26(13-20(8)28)19(7)12-21(9)32(11,29)30/h12,14-18,21-22,26H,13H2,1-11H3/b19-12-/t21-,22+,26+/m0/s1. The van der Waals surface area contributed by atoms with Gasteiger partial charge in [-0.05, 0) is 73.3 Å². The molecule has 0 unspecified atom stereocenters. The second-order valence-electron chi connectivity index (χ2n) is 10.2. The molecular formula is C27H44O4S. The van der Waals surface area contributed by atoms with Crippen LogP contribution in [0.1, 0.15) is 122 Å². The fourth-order valence-corrected chi connectivity index (χ4v) is 4.44. The van der Waals surface area contributed by atoms with Gasteiger partial charge in [0.25, 0.3) is 0 Å². The zero-order valence-electron chi connectivity index (χ0n) is 21.9. The van der Waals surface area contributed by atoms with Gasteiger partial charge in [0.15, 0.2) is 9.84 Å². The van der Waals surface area contributed by atoms with Gasteiger partial charge >= 0.3 is 0 Å². The van der Waals surface area contributed by atoms with E-state index >= 15 is 0 Å². The molecule has 0 saturated carbocycles. The number of rotatable bonds is 11. The highest BCUT2D eigenvalue weighted by molar-refractivity contribution is 7.91. The molecule has 0 N–H and O–H groups in total. The van der Waals surface area contributed by atoms with Gasteiger partial charge in [0, 0.05) is 12.7 Å². The van der Waals surface area contributed by atoms with Gasteiger partial charge in [0.2, 0.25) is 0 Å². The summed E-state index contributed by atoms with van der Waals surface area (Å²) in [6.07, 6.45) is 2.47. The van der Waals surface area contributed by atoms with Crippen molar-refractivity contribution >= 4 is 15.6 Å². The van der Waals surface area contributed by atoms with Crippen LogP contribution >= 0.6 is 0 Å². The molecule has 0 bridgehead atoms. The van der Waals surface area contributed by atoms with Crippen molar-refractivity contribution in [3.8, 4) is 0 Å². The Morgan fingerprint density at radius 1 is 0.906 bits per heavy atom. The summed E-state index contributed by atoms with van der Waals surface area (Å²) in [5.74, 6) is 1.12. The molecule has 0 aliphatic rings. The third-order valence-corrected chi connectivity index (χ3v) is 7.59. The summed E-state index contributed by atoms with van der Waals surface area (Å²) in [5, 5.41) is -0.626. The highest BCUT2D eigenvalue weighted by Crippen LogP contribution is 2.38. The van der Waals surface area contributed by atoms with Gasteiger partial charge < -0.3 is 4.74 Å². The molecule has 0 saturated heterocycles. The van der Waals surface area contributed by atoms with Crippen LogP contribution in [0.25, 0.3) is 0 Å². The van der Waals surface area contributed by atoms with Gasteiger partial charge in [-0.25, -0.2) is 8.42 Å². The van der Waals surface area contributed by atoms with Crippen molar-refractivity contribution in [3.63, 3.8) is 0 Å². The van der Waals surface area contributed by atoms with Crippen LogP contribution in [0.5, 0.6) is 0 Å². The first-order valence-electron chi connectivity index (χ1n) is 11.8. The predicted octanol–water partition coefficient (Wildman–Crippen LogP) is 6.86. The van der Waals surface area contributed by atoms with Gasteiger partial charge in [-0.3, -0.25) is 4.79 Å². The lowest BCUT2D eigenvalue weighted by Crippen LogP contribution is -2.23. The van der Waals surface area contributed by atoms with E-state index in [-0.39, 0.29) is 18.3 Å². The third kappa shape index (κ3) is 7.84. The number of carbonyl (C=O) groups excluding carboxylic acids is 1. The number of hydrogen-bond donors (Lipinski definition) is 0. The number of sulfone groups is 1. The average Bonchev–Trinajstić information content (AvgIpc) is 2.64. The van der Waals surface area contributed by atoms with E-state index < -0.39 is 21.2 Å². The molecule has 0 aromatic heterocycles. The summed E-state index contributed by atoms with van der Waals surface area (Å²) in [5.41, 5.74) is 5.85. The maximum absolute atomic E-state index is 12.0. The molecule has 1 aromatic rings. The third-order valence-electron chi connectivity index (χ3n) is 6.11. The minimum atomic E-state index is -3.21. The molecule has 0 amide bonds. The predicted molar refractivity (Wildman–Crippen MR) is 135 cm³/mol. The molecule has 1 rings (SSSR count). The fraction of sp³-hybridized carbons (Fsp3) is 0.667. The Morgan fingerprint density at radius 3 is 1.72 bits per heavy atom. The molecule has 182 valence electrons. The van der Waals surface area contributed by atoms with E-state index in [1.54, 1.807) is 19.9 Å². The van der Waals surface area contributed by atoms with Crippen LogP contribution in [0.2, 0.25) is 0 Å². The first kappa shape index (κ1) is 28.6. The van der Waals surface area contributed by atoms with E-state index in [9.17, 15) is 13.2 Å². The van der Waals surface area contributed by atoms with E-state index in [0.29, 0.717) is 17.8 Å². The van der Waals surface area contributed by atoms with Crippen molar-refractivity contribution in [2.45, 2.75) is 111 Å². The summed E-state index contributed by atoms with van der Waals surface area (Å²) in [6.45, 7) is 20.3. The van der Waals surface area contributed by atoms with E-state index in [0.717, 1.165) is 5.57 Å². The Labute approximate surface area is 196 Å². The van der Waals surface area contributed by atoms with Crippen molar-refractivity contribution in [2.75, 3.05) is 6.26 Å². The normalized spacial score (nSPS) is 16.0. The molecule has 0 aliphatic carbocycles. The largest absolute Gasteiger partial charge is 0.366 e. The smallest absolute Gasteiger partial charge is 0.153 e. The minimum absolute atomic E-state index is 0.0188. The SMILES string of the molecule is CC(=O)C[C@@H](O[C@H](C)c1c(C(C)C)cc(C(C)C)cc1C(C)C)/C(C)=C\[C@H](C)S(C)(=O)=O. The monoisotopic (exact) mass is 464 g/mol. The minimum Gasteiger partial charge on any atom is -0.366 e. The van der Waals surface area contributed by atoms with Crippen molar-refractivity contribution in [1.29, 1.82) is 0 Å². The summed E-state index contributed by atoms with van der Waals surface area (Å²) in [7, 11) is -3.21.